The number of likely N-dealkylation sites (tertiary alicyclic amines) is 1. The van der Waals surface area contributed by atoms with E-state index in [1.54, 1.807) is 0 Å². The third-order valence-corrected chi connectivity index (χ3v) is 4.50. The first-order chi connectivity index (χ1) is 12.1. The fourth-order valence-corrected chi connectivity index (χ4v) is 3.27. The lowest BCUT2D eigenvalue weighted by Crippen LogP contribution is -2.34. The van der Waals surface area contributed by atoms with Crippen LogP contribution in [0.2, 0.25) is 0 Å². The first kappa shape index (κ1) is 15.3. The summed E-state index contributed by atoms with van der Waals surface area (Å²) < 4.78 is 0. The maximum atomic E-state index is 13.0. The number of aromatic nitrogens is 1. The number of fused-ring (bicyclic) bond motifs is 1. The maximum absolute atomic E-state index is 13.0. The number of imide groups is 1. The number of aromatic amines is 1. The first-order valence-electron chi connectivity index (χ1n) is 8.17. The lowest BCUT2D eigenvalue weighted by atomic mass is 10.0. The smallest absolute Gasteiger partial charge is 0.230 e. The van der Waals surface area contributed by atoms with E-state index in [1.807, 2.05) is 54.6 Å². The van der Waals surface area contributed by atoms with Crippen LogP contribution >= 0.6 is 0 Å². The van der Waals surface area contributed by atoms with Gasteiger partial charge in [0.1, 0.15) is 0 Å². The van der Waals surface area contributed by atoms with Crippen LogP contribution in [0, 0.1) is 0 Å². The predicted molar refractivity (Wildman–Crippen MR) is 94.0 cm³/mol. The predicted octanol–water partition coefficient (Wildman–Crippen LogP) is 3.17. The van der Waals surface area contributed by atoms with Gasteiger partial charge in [-0.3, -0.25) is 19.3 Å². The van der Waals surface area contributed by atoms with E-state index in [4.69, 9.17) is 0 Å². The van der Waals surface area contributed by atoms with Crippen molar-refractivity contribution in [3.05, 3.63) is 60.2 Å². The number of nitrogens with zero attached hydrogens (tertiary/aromatic N) is 1. The molecule has 0 bridgehead atoms. The van der Waals surface area contributed by atoms with Gasteiger partial charge in [0.15, 0.2) is 5.78 Å². The molecule has 5 nitrogen and oxygen atoms in total. The summed E-state index contributed by atoms with van der Waals surface area (Å²) in [7, 11) is 0. The molecular formula is C20H16N2O3. The number of nitrogens with one attached hydrogen (secondary N) is 1. The molecule has 1 aliphatic rings. The van der Waals surface area contributed by atoms with E-state index in [0.29, 0.717) is 11.3 Å². The van der Waals surface area contributed by atoms with Crippen molar-refractivity contribution in [2.45, 2.75) is 12.8 Å². The number of Topliss-reactive ketones (excluding diaryl/α,β-unsaturated/α-hetero) is 1. The van der Waals surface area contributed by atoms with Crippen LogP contribution in [0.5, 0.6) is 0 Å². The monoisotopic (exact) mass is 332 g/mol. The van der Waals surface area contributed by atoms with Crippen LogP contribution in [0.1, 0.15) is 23.2 Å². The van der Waals surface area contributed by atoms with Gasteiger partial charge in [-0.1, -0.05) is 48.5 Å². The number of rotatable bonds is 4. The zero-order valence-corrected chi connectivity index (χ0v) is 13.5. The molecule has 25 heavy (non-hydrogen) atoms. The Bertz CT molecular complexity index is 973. The molecule has 0 saturated carbocycles. The number of para-hydroxylation sites is 1. The molecule has 1 aromatic heterocycles. The van der Waals surface area contributed by atoms with Crippen molar-refractivity contribution in [2.24, 2.45) is 0 Å². The summed E-state index contributed by atoms with van der Waals surface area (Å²) in [5.74, 6) is -0.793. The van der Waals surface area contributed by atoms with Crippen LogP contribution in [-0.4, -0.2) is 34.0 Å². The van der Waals surface area contributed by atoms with Crippen LogP contribution in [-0.2, 0) is 9.59 Å². The van der Waals surface area contributed by atoms with E-state index in [0.717, 1.165) is 21.4 Å². The molecule has 1 saturated heterocycles. The Kier molecular flexibility index (Phi) is 3.69. The molecule has 0 spiro atoms. The van der Waals surface area contributed by atoms with Gasteiger partial charge in [0.05, 0.1) is 17.8 Å². The highest BCUT2D eigenvalue weighted by Gasteiger charge is 2.32. The van der Waals surface area contributed by atoms with Gasteiger partial charge in [0, 0.05) is 23.7 Å². The molecule has 2 aromatic carbocycles. The molecule has 1 aliphatic heterocycles. The molecule has 2 heterocycles. The lowest BCUT2D eigenvalue weighted by Gasteiger charge is -2.13. The minimum atomic E-state index is -0.278. The van der Waals surface area contributed by atoms with E-state index in [1.165, 1.54) is 0 Å². The highest BCUT2D eigenvalue weighted by atomic mass is 16.2. The molecule has 0 radical (unpaired) electrons. The van der Waals surface area contributed by atoms with Gasteiger partial charge in [0.2, 0.25) is 11.8 Å². The van der Waals surface area contributed by atoms with Crippen molar-refractivity contribution in [3.8, 4) is 11.3 Å². The van der Waals surface area contributed by atoms with Gasteiger partial charge in [0.25, 0.3) is 0 Å². The Balaban J connectivity index is 1.81. The zero-order valence-electron chi connectivity index (χ0n) is 13.5. The summed E-state index contributed by atoms with van der Waals surface area (Å²) in [4.78, 5) is 41.1. The quantitative estimate of drug-likeness (QED) is 0.589. The Labute approximate surface area is 144 Å². The first-order valence-corrected chi connectivity index (χ1v) is 8.17. The summed E-state index contributed by atoms with van der Waals surface area (Å²) in [5.41, 5.74) is 2.98. The number of carbonyl (C=O) groups excluding carboxylic acids is 3. The largest absolute Gasteiger partial charge is 0.354 e. The van der Waals surface area contributed by atoms with Crippen LogP contribution in [0.25, 0.3) is 22.2 Å². The highest BCUT2D eigenvalue weighted by molar-refractivity contribution is 6.16. The molecule has 0 unspecified atom stereocenters. The van der Waals surface area contributed by atoms with Crippen LogP contribution < -0.4 is 0 Å². The van der Waals surface area contributed by atoms with Crippen LogP contribution in [0.4, 0.5) is 0 Å². The van der Waals surface area contributed by atoms with Crippen molar-refractivity contribution >= 4 is 28.5 Å². The fourth-order valence-electron chi connectivity index (χ4n) is 3.27. The van der Waals surface area contributed by atoms with Crippen molar-refractivity contribution < 1.29 is 14.4 Å². The van der Waals surface area contributed by atoms with E-state index >= 15 is 0 Å². The maximum Gasteiger partial charge on any atom is 0.230 e. The minimum Gasteiger partial charge on any atom is -0.354 e. The van der Waals surface area contributed by atoms with Gasteiger partial charge in [-0.25, -0.2) is 0 Å². The molecule has 1 fully saturated rings. The Morgan fingerprint density at radius 2 is 1.56 bits per heavy atom. The molecule has 5 heteroatoms. The Morgan fingerprint density at radius 1 is 0.920 bits per heavy atom. The second kappa shape index (κ2) is 6.02. The van der Waals surface area contributed by atoms with E-state index in [2.05, 4.69) is 4.98 Å². The number of hydrogen-bond donors (Lipinski definition) is 1. The Hall–Kier alpha value is -3.21. The standard InChI is InChI=1S/C20H16N2O3/c23-16(12-22-17(24)10-11-18(22)25)19-14-8-4-5-9-15(14)21-20(19)13-6-2-1-3-7-13/h1-9,21H,10-12H2. The topological polar surface area (TPSA) is 70.2 Å². The van der Waals surface area contributed by atoms with Gasteiger partial charge >= 0.3 is 0 Å². The minimum absolute atomic E-state index is 0.186. The summed E-state index contributed by atoms with van der Waals surface area (Å²) in [6.45, 7) is -0.209. The second-order valence-corrected chi connectivity index (χ2v) is 6.08. The molecule has 4 rings (SSSR count). The second-order valence-electron chi connectivity index (χ2n) is 6.08. The molecule has 0 atom stereocenters. The highest BCUT2D eigenvalue weighted by Crippen LogP contribution is 2.31. The SMILES string of the molecule is O=C(CN1C(=O)CCC1=O)c1c(-c2ccccc2)[nH]c2ccccc12. The zero-order chi connectivity index (χ0) is 17.4. The van der Waals surface area contributed by atoms with Gasteiger partial charge in [-0.05, 0) is 11.6 Å². The van der Waals surface area contributed by atoms with Crippen molar-refractivity contribution in [3.63, 3.8) is 0 Å². The summed E-state index contributed by atoms with van der Waals surface area (Å²) in [6.07, 6.45) is 0.372. The van der Waals surface area contributed by atoms with Crippen molar-refractivity contribution in [2.75, 3.05) is 6.54 Å². The number of hydrogen-bond acceptors (Lipinski definition) is 3. The number of ketones is 1. The summed E-state index contributed by atoms with van der Waals surface area (Å²) >= 11 is 0. The number of carbonyl (C=O) groups is 3. The molecular weight excluding hydrogens is 316 g/mol. The van der Waals surface area contributed by atoms with Crippen LogP contribution in [0.15, 0.2) is 54.6 Å². The van der Waals surface area contributed by atoms with E-state index in [9.17, 15) is 14.4 Å². The van der Waals surface area contributed by atoms with Crippen molar-refractivity contribution in [1.82, 2.24) is 9.88 Å². The number of benzene rings is 2. The molecule has 3 aromatic rings. The molecule has 124 valence electrons. The van der Waals surface area contributed by atoms with Gasteiger partial charge in [-0.2, -0.15) is 0 Å². The van der Waals surface area contributed by atoms with Crippen molar-refractivity contribution in [1.29, 1.82) is 0 Å². The lowest BCUT2D eigenvalue weighted by molar-refractivity contribution is -0.137. The van der Waals surface area contributed by atoms with E-state index < -0.39 is 0 Å². The Morgan fingerprint density at radius 3 is 2.28 bits per heavy atom. The average molecular weight is 332 g/mol. The number of H-pyrrole nitrogens is 1. The van der Waals surface area contributed by atoms with Gasteiger partial charge < -0.3 is 4.98 Å². The fraction of sp³-hybridized carbons (Fsp3) is 0.150. The number of amides is 2. The van der Waals surface area contributed by atoms with E-state index in [-0.39, 0.29) is 37.0 Å². The molecule has 0 aliphatic carbocycles. The normalized spacial score (nSPS) is 14.5. The summed E-state index contributed by atoms with van der Waals surface area (Å²) in [6, 6.07) is 17.1. The third kappa shape index (κ3) is 2.63. The molecule has 1 N–H and O–H groups in total. The average Bonchev–Trinajstić information content (AvgIpc) is 3.17. The van der Waals surface area contributed by atoms with Gasteiger partial charge in [-0.15, -0.1) is 0 Å². The third-order valence-electron chi connectivity index (χ3n) is 4.50. The summed E-state index contributed by atoms with van der Waals surface area (Å²) in [5, 5.41) is 0.797. The van der Waals surface area contributed by atoms with Crippen LogP contribution in [0.3, 0.4) is 0 Å². The molecule has 2 amide bonds.